The van der Waals surface area contributed by atoms with Crippen molar-refractivity contribution in [1.29, 1.82) is 0 Å². The number of nitrogens with zero attached hydrogens (tertiary/aromatic N) is 2. The Bertz CT molecular complexity index is 378. The van der Waals surface area contributed by atoms with Gasteiger partial charge in [0, 0.05) is 25.8 Å². The van der Waals surface area contributed by atoms with Gasteiger partial charge < -0.3 is 5.73 Å². The maximum atomic E-state index is 5.58. The molecule has 0 saturated carbocycles. The Balaban J connectivity index is 1.91. The van der Waals surface area contributed by atoms with Crippen molar-refractivity contribution in [3.63, 3.8) is 0 Å². The minimum atomic E-state index is 0.422. The van der Waals surface area contributed by atoms with E-state index in [0.717, 1.165) is 23.7 Å². The molecule has 0 amide bonds. The third-order valence-corrected chi connectivity index (χ3v) is 4.00. The highest BCUT2D eigenvalue weighted by molar-refractivity contribution is 5.13. The number of rotatable bonds is 3. The van der Waals surface area contributed by atoms with E-state index in [-0.39, 0.29) is 0 Å². The fourth-order valence-electron chi connectivity index (χ4n) is 2.58. The Morgan fingerprint density at radius 1 is 1.39 bits per heavy atom. The van der Waals surface area contributed by atoms with Crippen LogP contribution < -0.4 is 5.73 Å². The fraction of sp³-hybridized carbons (Fsp3) is 0.667. The molecule has 0 spiro atoms. The van der Waals surface area contributed by atoms with Gasteiger partial charge >= 0.3 is 0 Å². The largest absolute Gasteiger partial charge is 0.326 e. The summed E-state index contributed by atoms with van der Waals surface area (Å²) in [6.07, 6.45) is 3.21. The van der Waals surface area contributed by atoms with E-state index in [1.54, 1.807) is 0 Å². The van der Waals surface area contributed by atoms with Gasteiger partial charge in [0.25, 0.3) is 0 Å². The molecular formula is C15H25N3. The summed E-state index contributed by atoms with van der Waals surface area (Å²) in [5, 5.41) is 0. The fourth-order valence-corrected chi connectivity index (χ4v) is 2.58. The lowest BCUT2D eigenvalue weighted by atomic mass is 9.80. The van der Waals surface area contributed by atoms with Crippen LogP contribution in [0.4, 0.5) is 0 Å². The van der Waals surface area contributed by atoms with Crippen molar-refractivity contribution in [1.82, 2.24) is 9.88 Å². The molecule has 1 aliphatic rings. The van der Waals surface area contributed by atoms with Crippen LogP contribution in [0.1, 0.15) is 38.4 Å². The summed E-state index contributed by atoms with van der Waals surface area (Å²) in [4.78, 5) is 6.99. The van der Waals surface area contributed by atoms with Crippen LogP contribution in [0.15, 0.2) is 18.3 Å². The van der Waals surface area contributed by atoms with Crippen LogP contribution in [0.25, 0.3) is 0 Å². The van der Waals surface area contributed by atoms with E-state index in [1.807, 2.05) is 6.20 Å². The summed E-state index contributed by atoms with van der Waals surface area (Å²) in [7, 11) is 0. The monoisotopic (exact) mass is 247 g/mol. The smallest absolute Gasteiger partial charge is 0.0544 e. The standard InChI is InChI=1S/C15H25N3/c1-15(2,3)13-6-7-18(10-13)11-14-5-4-12(8-16)9-17-14/h4-5,9,13H,6-8,10-11,16H2,1-3H3. The molecule has 1 fully saturated rings. The topological polar surface area (TPSA) is 42.1 Å². The van der Waals surface area contributed by atoms with Crippen LogP contribution in [0.2, 0.25) is 0 Å². The second-order valence-corrected chi connectivity index (χ2v) is 6.45. The Hall–Kier alpha value is -0.930. The molecular weight excluding hydrogens is 222 g/mol. The van der Waals surface area contributed by atoms with E-state index in [4.69, 9.17) is 5.73 Å². The highest BCUT2D eigenvalue weighted by Gasteiger charge is 2.31. The van der Waals surface area contributed by atoms with E-state index in [2.05, 4.69) is 42.8 Å². The first-order valence-corrected chi connectivity index (χ1v) is 6.85. The number of hydrogen-bond donors (Lipinski definition) is 1. The number of pyridine rings is 1. The van der Waals surface area contributed by atoms with Gasteiger partial charge in [0.1, 0.15) is 0 Å². The van der Waals surface area contributed by atoms with Gasteiger partial charge in [0.05, 0.1) is 5.69 Å². The first-order chi connectivity index (χ1) is 8.49. The van der Waals surface area contributed by atoms with Crippen LogP contribution in [0, 0.1) is 11.3 Å². The molecule has 0 aliphatic carbocycles. The van der Waals surface area contributed by atoms with Crippen molar-refractivity contribution in [3.8, 4) is 0 Å². The molecule has 3 heteroatoms. The molecule has 1 aromatic heterocycles. The summed E-state index contributed by atoms with van der Waals surface area (Å²) in [5.74, 6) is 0.806. The number of nitrogens with two attached hydrogens (primary N) is 1. The van der Waals surface area contributed by atoms with Crippen molar-refractivity contribution < 1.29 is 0 Å². The number of likely N-dealkylation sites (tertiary alicyclic amines) is 1. The number of aromatic nitrogens is 1. The molecule has 1 aromatic rings. The third-order valence-electron chi connectivity index (χ3n) is 4.00. The van der Waals surface area contributed by atoms with E-state index in [9.17, 15) is 0 Å². The zero-order valence-corrected chi connectivity index (χ0v) is 11.8. The molecule has 0 aromatic carbocycles. The van der Waals surface area contributed by atoms with Crippen molar-refractivity contribution in [3.05, 3.63) is 29.6 Å². The molecule has 0 radical (unpaired) electrons. The second-order valence-electron chi connectivity index (χ2n) is 6.45. The van der Waals surface area contributed by atoms with Crippen LogP contribution in [-0.4, -0.2) is 23.0 Å². The lowest BCUT2D eigenvalue weighted by Gasteiger charge is -2.27. The maximum absolute atomic E-state index is 5.58. The van der Waals surface area contributed by atoms with E-state index in [1.165, 1.54) is 19.5 Å². The van der Waals surface area contributed by atoms with Gasteiger partial charge in [-0.2, -0.15) is 0 Å². The quantitative estimate of drug-likeness (QED) is 0.892. The Kier molecular flexibility index (Phi) is 4.03. The van der Waals surface area contributed by atoms with Gasteiger partial charge in [0.15, 0.2) is 0 Å². The second kappa shape index (κ2) is 5.37. The highest BCUT2D eigenvalue weighted by atomic mass is 15.2. The molecule has 1 unspecified atom stereocenters. The zero-order chi connectivity index (χ0) is 13.2. The van der Waals surface area contributed by atoms with Gasteiger partial charge in [-0.15, -0.1) is 0 Å². The summed E-state index contributed by atoms with van der Waals surface area (Å²) < 4.78 is 0. The van der Waals surface area contributed by atoms with Crippen molar-refractivity contribution in [2.75, 3.05) is 13.1 Å². The van der Waals surface area contributed by atoms with Crippen molar-refractivity contribution >= 4 is 0 Å². The molecule has 100 valence electrons. The average Bonchev–Trinajstić information content (AvgIpc) is 2.78. The van der Waals surface area contributed by atoms with Crippen LogP contribution in [-0.2, 0) is 13.1 Å². The Labute approximate surface area is 110 Å². The summed E-state index contributed by atoms with van der Waals surface area (Å²) in [5.41, 5.74) is 8.26. The van der Waals surface area contributed by atoms with Gasteiger partial charge in [-0.1, -0.05) is 26.8 Å². The van der Waals surface area contributed by atoms with Gasteiger partial charge in [-0.3, -0.25) is 9.88 Å². The molecule has 2 N–H and O–H groups in total. The summed E-state index contributed by atoms with van der Waals surface area (Å²) >= 11 is 0. The average molecular weight is 247 g/mol. The molecule has 2 heterocycles. The third kappa shape index (κ3) is 3.30. The van der Waals surface area contributed by atoms with E-state index >= 15 is 0 Å². The maximum Gasteiger partial charge on any atom is 0.0544 e. The van der Waals surface area contributed by atoms with Crippen molar-refractivity contribution in [2.24, 2.45) is 17.1 Å². The lowest BCUT2D eigenvalue weighted by molar-refractivity contribution is 0.225. The van der Waals surface area contributed by atoms with Crippen LogP contribution in [0.5, 0.6) is 0 Å². The first-order valence-electron chi connectivity index (χ1n) is 6.85. The predicted octanol–water partition coefficient (Wildman–Crippen LogP) is 2.41. The number of hydrogen-bond acceptors (Lipinski definition) is 3. The molecule has 1 atom stereocenters. The molecule has 3 nitrogen and oxygen atoms in total. The molecule has 0 bridgehead atoms. The van der Waals surface area contributed by atoms with Crippen LogP contribution >= 0.6 is 0 Å². The highest BCUT2D eigenvalue weighted by Crippen LogP contribution is 2.33. The van der Waals surface area contributed by atoms with Gasteiger partial charge in [-0.05, 0) is 35.9 Å². The molecule has 1 saturated heterocycles. The van der Waals surface area contributed by atoms with Gasteiger partial charge in [-0.25, -0.2) is 0 Å². The first kappa shape index (κ1) is 13.5. The van der Waals surface area contributed by atoms with E-state index in [0.29, 0.717) is 12.0 Å². The lowest BCUT2D eigenvalue weighted by Crippen LogP contribution is -2.26. The molecule has 1 aliphatic heterocycles. The normalized spacial score (nSPS) is 21.4. The van der Waals surface area contributed by atoms with Crippen molar-refractivity contribution in [2.45, 2.75) is 40.3 Å². The predicted molar refractivity (Wildman–Crippen MR) is 75.0 cm³/mol. The zero-order valence-electron chi connectivity index (χ0n) is 11.8. The Morgan fingerprint density at radius 3 is 2.67 bits per heavy atom. The summed E-state index contributed by atoms with van der Waals surface area (Å²) in [6, 6.07) is 4.19. The minimum Gasteiger partial charge on any atom is -0.326 e. The molecule has 18 heavy (non-hydrogen) atoms. The SMILES string of the molecule is CC(C)(C)C1CCN(Cc2ccc(CN)cn2)C1. The van der Waals surface area contributed by atoms with Gasteiger partial charge in [0.2, 0.25) is 0 Å². The Morgan fingerprint density at radius 2 is 2.17 bits per heavy atom. The minimum absolute atomic E-state index is 0.422. The molecule has 2 rings (SSSR count). The van der Waals surface area contributed by atoms with Crippen LogP contribution in [0.3, 0.4) is 0 Å². The summed E-state index contributed by atoms with van der Waals surface area (Å²) in [6.45, 7) is 11.0. The van der Waals surface area contributed by atoms with E-state index < -0.39 is 0 Å².